The number of alkyl halides is 2. The van der Waals surface area contributed by atoms with Gasteiger partial charge in [-0.2, -0.15) is 8.78 Å². The summed E-state index contributed by atoms with van der Waals surface area (Å²) in [7, 11) is 0. The standard InChI is InChI=1S/C14H11F2NO2/c1-9-5-6-10(8-12(9)19-14(15)16)13(18)11-4-2-3-7-17-11/h2-8,14H,1H3. The number of carbonyl (C=O) groups is 1. The molecular formula is C14H11F2NO2. The van der Waals surface area contributed by atoms with E-state index in [0.717, 1.165) is 0 Å². The lowest BCUT2D eigenvalue weighted by atomic mass is 10.1. The van der Waals surface area contributed by atoms with Crippen LogP contribution in [0.3, 0.4) is 0 Å². The molecule has 0 fully saturated rings. The van der Waals surface area contributed by atoms with E-state index in [2.05, 4.69) is 9.72 Å². The lowest BCUT2D eigenvalue weighted by Crippen LogP contribution is -2.07. The summed E-state index contributed by atoms with van der Waals surface area (Å²) in [5.41, 5.74) is 1.06. The van der Waals surface area contributed by atoms with Crippen molar-refractivity contribution in [2.45, 2.75) is 13.5 Å². The summed E-state index contributed by atoms with van der Waals surface area (Å²) in [6.07, 6.45) is 1.50. The molecular weight excluding hydrogens is 252 g/mol. The van der Waals surface area contributed by atoms with E-state index < -0.39 is 6.61 Å². The third-order valence-electron chi connectivity index (χ3n) is 2.56. The molecule has 2 aromatic rings. The Bertz CT molecular complexity index is 585. The van der Waals surface area contributed by atoms with E-state index in [1.165, 1.54) is 12.3 Å². The number of aromatic nitrogens is 1. The highest BCUT2D eigenvalue weighted by atomic mass is 19.3. The van der Waals surface area contributed by atoms with Crippen LogP contribution in [0.2, 0.25) is 0 Å². The number of rotatable bonds is 4. The van der Waals surface area contributed by atoms with Gasteiger partial charge in [-0.15, -0.1) is 0 Å². The van der Waals surface area contributed by atoms with Gasteiger partial charge in [-0.05, 0) is 30.7 Å². The molecule has 5 heteroatoms. The number of ketones is 1. The number of nitrogens with zero attached hydrogens (tertiary/aromatic N) is 1. The zero-order chi connectivity index (χ0) is 13.8. The van der Waals surface area contributed by atoms with Gasteiger partial charge in [0.2, 0.25) is 5.78 Å². The van der Waals surface area contributed by atoms with Crippen molar-refractivity contribution in [2.24, 2.45) is 0 Å². The second-order valence-corrected chi connectivity index (χ2v) is 3.90. The molecule has 2 rings (SSSR count). The Labute approximate surface area is 108 Å². The number of hydrogen-bond acceptors (Lipinski definition) is 3. The maximum absolute atomic E-state index is 12.2. The summed E-state index contributed by atoms with van der Waals surface area (Å²) in [5, 5.41) is 0. The van der Waals surface area contributed by atoms with E-state index in [1.54, 1.807) is 37.3 Å². The van der Waals surface area contributed by atoms with Crippen molar-refractivity contribution < 1.29 is 18.3 Å². The van der Waals surface area contributed by atoms with Gasteiger partial charge in [-0.3, -0.25) is 9.78 Å². The average Bonchev–Trinajstić information content (AvgIpc) is 2.41. The van der Waals surface area contributed by atoms with Gasteiger partial charge in [0.05, 0.1) is 0 Å². The van der Waals surface area contributed by atoms with Crippen LogP contribution in [0.4, 0.5) is 8.78 Å². The fraction of sp³-hybridized carbons (Fsp3) is 0.143. The molecule has 19 heavy (non-hydrogen) atoms. The smallest absolute Gasteiger partial charge is 0.387 e. The number of pyridine rings is 1. The Balaban J connectivity index is 2.33. The van der Waals surface area contributed by atoms with Crippen molar-refractivity contribution in [2.75, 3.05) is 0 Å². The molecule has 0 atom stereocenters. The summed E-state index contributed by atoms with van der Waals surface area (Å²) in [4.78, 5) is 16.0. The summed E-state index contributed by atoms with van der Waals surface area (Å²) in [6, 6.07) is 9.37. The van der Waals surface area contributed by atoms with Crippen LogP contribution < -0.4 is 4.74 Å². The summed E-state index contributed by atoms with van der Waals surface area (Å²) >= 11 is 0. The van der Waals surface area contributed by atoms with Gasteiger partial charge in [-0.25, -0.2) is 0 Å². The minimum absolute atomic E-state index is 0.00298. The molecule has 1 heterocycles. The lowest BCUT2D eigenvalue weighted by Gasteiger charge is -2.09. The van der Waals surface area contributed by atoms with E-state index in [4.69, 9.17) is 0 Å². The number of carbonyl (C=O) groups excluding carboxylic acids is 1. The Morgan fingerprint density at radius 3 is 2.68 bits per heavy atom. The molecule has 0 radical (unpaired) electrons. The molecule has 98 valence electrons. The Hall–Kier alpha value is -2.30. The minimum atomic E-state index is -2.92. The molecule has 0 saturated heterocycles. The fourth-order valence-corrected chi connectivity index (χ4v) is 1.61. The summed E-state index contributed by atoms with van der Waals surface area (Å²) in [6.45, 7) is -1.29. The quantitative estimate of drug-likeness (QED) is 0.795. The maximum atomic E-state index is 12.2. The largest absolute Gasteiger partial charge is 0.435 e. The highest BCUT2D eigenvalue weighted by molar-refractivity contribution is 6.07. The number of halogens is 2. The highest BCUT2D eigenvalue weighted by Gasteiger charge is 2.14. The van der Waals surface area contributed by atoms with Gasteiger partial charge >= 0.3 is 6.61 Å². The third kappa shape index (κ3) is 3.13. The van der Waals surface area contributed by atoms with Gasteiger partial charge in [0.25, 0.3) is 0 Å². The number of benzene rings is 1. The second kappa shape index (κ2) is 5.56. The van der Waals surface area contributed by atoms with E-state index in [-0.39, 0.29) is 22.8 Å². The first-order valence-corrected chi connectivity index (χ1v) is 5.59. The Morgan fingerprint density at radius 2 is 2.05 bits per heavy atom. The zero-order valence-corrected chi connectivity index (χ0v) is 10.1. The molecule has 0 unspecified atom stereocenters. The number of aryl methyl sites for hydroxylation is 1. The molecule has 0 bridgehead atoms. The predicted molar refractivity (Wildman–Crippen MR) is 65.5 cm³/mol. The number of ether oxygens (including phenoxy) is 1. The molecule has 0 aliphatic carbocycles. The molecule has 0 amide bonds. The van der Waals surface area contributed by atoms with Crippen LogP contribution in [-0.2, 0) is 0 Å². The zero-order valence-electron chi connectivity index (χ0n) is 10.1. The fourth-order valence-electron chi connectivity index (χ4n) is 1.61. The van der Waals surface area contributed by atoms with Crippen LogP contribution in [0.15, 0.2) is 42.6 Å². The average molecular weight is 263 g/mol. The molecule has 0 aliphatic heterocycles. The maximum Gasteiger partial charge on any atom is 0.387 e. The first kappa shape index (κ1) is 13.1. The van der Waals surface area contributed by atoms with Crippen molar-refractivity contribution in [1.82, 2.24) is 4.98 Å². The Morgan fingerprint density at radius 1 is 1.26 bits per heavy atom. The molecule has 0 spiro atoms. The molecule has 0 aliphatic rings. The van der Waals surface area contributed by atoms with Crippen LogP contribution >= 0.6 is 0 Å². The van der Waals surface area contributed by atoms with Crippen LogP contribution in [0, 0.1) is 6.92 Å². The van der Waals surface area contributed by atoms with Crippen molar-refractivity contribution in [3.63, 3.8) is 0 Å². The van der Waals surface area contributed by atoms with Crippen LogP contribution in [0.1, 0.15) is 21.6 Å². The van der Waals surface area contributed by atoms with Crippen molar-refractivity contribution >= 4 is 5.78 Å². The lowest BCUT2D eigenvalue weighted by molar-refractivity contribution is -0.0503. The Kier molecular flexibility index (Phi) is 3.85. The van der Waals surface area contributed by atoms with Crippen molar-refractivity contribution in [3.05, 3.63) is 59.4 Å². The van der Waals surface area contributed by atoms with Crippen molar-refractivity contribution in [1.29, 1.82) is 0 Å². The third-order valence-corrected chi connectivity index (χ3v) is 2.56. The second-order valence-electron chi connectivity index (χ2n) is 3.90. The summed E-state index contributed by atoms with van der Waals surface area (Å²) < 4.78 is 28.8. The van der Waals surface area contributed by atoms with E-state index >= 15 is 0 Å². The van der Waals surface area contributed by atoms with Gasteiger partial charge in [0.1, 0.15) is 11.4 Å². The topological polar surface area (TPSA) is 39.2 Å². The highest BCUT2D eigenvalue weighted by Crippen LogP contribution is 2.22. The summed E-state index contributed by atoms with van der Waals surface area (Å²) in [5.74, 6) is -0.337. The minimum Gasteiger partial charge on any atom is -0.435 e. The molecule has 1 aromatic carbocycles. The first-order chi connectivity index (χ1) is 9.08. The van der Waals surface area contributed by atoms with E-state index in [9.17, 15) is 13.6 Å². The van der Waals surface area contributed by atoms with Gasteiger partial charge in [0, 0.05) is 11.8 Å². The van der Waals surface area contributed by atoms with Gasteiger partial charge in [-0.1, -0.05) is 18.2 Å². The predicted octanol–water partition coefficient (Wildman–Crippen LogP) is 3.22. The molecule has 0 saturated carbocycles. The van der Waals surface area contributed by atoms with Crippen LogP contribution in [0.5, 0.6) is 5.75 Å². The van der Waals surface area contributed by atoms with E-state index in [1.807, 2.05) is 0 Å². The van der Waals surface area contributed by atoms with Crippen LogP contribution in [-0.4, -0.2) is 17.4 Å². The molecule has 0 N–H and O–H groups in total. The molecule has 3 nitrogen and oxygen atoms in total. The van der Waals surface area contributed by atoms with Crippen LogP contribution in [0.25, 0.3) is 0 Å². The van der Waals surface area contributed by atoms with Gasteiger partial charge in [0.15, 0.2) is 0 Å². The van der Waals surface area contributed by atoms with Gasteiger partial charge < -0.3 is 4.74 Å². The first-order valence-electron chi connectivity index (χ1n) is 5.59. The normalized spacial score (nSPS) is 10.5. The SMILES string of the molecule is Cc1ccc(C(=O)c2ccccn2)cc1OC(F)F. The molecule has 1 aromatic heterocycles. The van der Waals surface area contributed by atoms with Crippen molar-refractivity contribution in [3.8, 4) is 5.75 Å². The number of hydrogen-bond donors (Lipinski definition) is 0. The monoisotopic (exact) mass is 263 g/mol. The van der Waals surface area contributed by atoms with E-state index in [0.29, 0.717) is 5.56 Å².